The van der Waals surface area contributed by atoms with Gasteiger partial charge in [-0.25, -0.2) is 8.42 Å². The first kappa shape index (κ1) is 11.5. The van der Waals surface area contributed by atoms with Gasteiger partial charge in [-0.1, -0.05) is 13.3 Å². The van der Waals surface area contributed by atoms with Gasteiger partial charge >= 0.3 is 5.97 Å². The summed E-state index contributed by atoms with van der Waals surface area (Å²) in [5.74, 6) is -0.882. The Kier molecular flexibility index (Phi) is 3.53. The molecule has 5 heteroatoms. The third-order valence-corrected chi connectivity index (χ3v) is 5.27. The van der Waals surface area contributed by atoms with Crippen LogP contribution in [0.1, 0.15) is 32.6 Å². The Hall–Kier alpha value is -0.580. The van der Waals surface area contributed by atoms with Gasteiger partial charge in [0.1, 0.15) is 0 Å². The van der Waals surface area contributed by atoms with Crippen LogP contribution < -0.4 is 0 Å². The summed E-state index contributed by atoms with van der Waals surface area (Å²) in [6.07, 6.45) is 1.91. The van der Waals surface area contributed by atoms with Gasteiger partial charge in [-0.15, -0.1) is 0 Å². The molecular weight excluding hydrogens is 204 g/mol. The van der Waals surface area contributed by atoms with Crippen molar-refractivity contribution in [2.75, 3.05) is 5.75 Å². The molecule has 1 aliphatic heterocycles. The third kappa shape index (κ3) is 2.47. The van der Waals surface area contributed by atoms with Crippen LogP contribution >= 0.6 is 0 Å². The fourth-order valence-corrected chi connectivity index (χ4v) is 4.38. The van der Waals surface area contributed by atoms with Crippen LogP contribution in [-0.4, -0.2) is 30.5 Å². The van der Waals surface area contributed by atoms with Gasteiger partial charge in [0.05, 0.1) is 11.0 Å². The fraction of sp³-hybridized carbons (Fsp3) is 0.889. The van der Waals surface area contributed by atoms with Crippen LogP contribution in [0.3, 0.4) is 0 Å². The lowest BCUT2D eigenvalue weighted by molar-refractivity contribution is -0.138. The molecule has 0 aromatic carbocycles. The van der Waals surface area contributed by atoms with Crippen LogP contribution in [0.2, 0.25) is 0 Å². The highest BCUT2D eigenvalue weighted by Gasteiger charge is 2.37. The molecule has 1 rings (SSSR count). The quantitative estimate of drug-likeness (QED) is 0.769. The minimum atomic E-state index is -3.01. The second-order valence-corrected chi connectivity index (χ2v) is 6.15. The van der Waals surface area contributed by atoms with Crippen molar-refractivity contribution in [3.8, 4) is 0 Å². The highest BCUT2D eigenvalue weighted by Crippen LogP contribution is 2.30. The predicted molar refractivity (Wildman–Crippen MR) is 52.8 cm³/mol. The molecule has 0 radical (unpaired) electrons. The monoisotopic (exact) mass is 220 g/mol. The molecule has 0 spiro atoms. The first-order chi connectivity index (χ1) is 6.47. The molecule has 82 valence electrons. The van der Waals surface area contributed by atoms with Crippen LogP contribution in [-0.2, 0) is 14.6 Å². The van der Waals surface area contributed by atoms with Crippen molar-refractivity contribution in [2.45, 2.75) is 37.9 Å². The van der Waals surface area contributed by atoms with Gasteiger partial charge in [0.2, 0.25) is 0 Å². The number of carboxylic acid groups (broad SMARTS) is 1. The van der Waals surface area contributed by atoms with E-state index in [0.29, 0.717) is 19.3 Å². The van der Waals surface area contributed by atoms with Gasteiger partial charge in [0.15, 0.2) is 9.84 Å². The van der Waals surface area contributed by atoms with Gasteiger partial charge in [0.25, 0.3) is 0 Å². The fourth-order valence-electron chi connectivity index (χ4n) is 2.11. The Balaban J connectivity index is 2.74. The van der Waals surface area contributed by atoms with Crippen LogP contribution in [0.5, 0.6) is 0 Å². The second-order valence-electron chi connectivity index (χ2n) is 3.81. The van der Waals surface area contributed by atoms with Crippen LogP contribution in [0.15, 0.2) is 0 Å². The van der Waals surface area contributed by atoms with E-state index < -0.39 is 21.1 Å². The topological polar surface area (TPSA) is 71.4 Å². The second kappa shape index (κ2) is 4.29. The van der Waals surface area contributed by atoms with E-state index in [0.717, 1.165) is 0 Å². The molecule has 14 heavy (non-hydrogen) atoms. The van der Waals surface area contributed by atoms with E-state index in [-0.39, 0.29) is 18.1 Å². The van der Waals surface area contributed by atoms with Gasteiger partial charge in [0, 0.05) is 6.42 Å². The number of carbonyl (C=O) groups is 1. The van der Waals surface area contributed by atoms with Crippen molar-refractivity contribution in [1.29, 1.82) is 0 Å². The summed E-state index contributed by atoms with van der Waals surface area (Å²) >= 11 is 0. The first-order valence-electron chi connectivity index (χ1n) is 4.90. The van der Waals surface area contributed by atoms with Gasteiger partial charge in [-0.05, 0) is 18.8 Å². The van der Waals surface area contributed by atoms with Gasteiger partial charge in [-0.3, -0.25) is 4.79 Å². The van der Waals surface area contributed by atoms with E-state index in [1.54, 1.807) is 0 Å². The molecule has 2 atom stereocenters. The van der Waals surface area contributed by atoms with Crippen molar-refractivity contribution >= 4 is 15.8 Å². The zero-order valence-electron chi connectivity index (χ0n) is 8.27. The molecule has 1 N–H and O–H groups in total. The standard InChI is InChI=1S/C9H16O4S/c1-2-7(6-9(10)11)8-4-3-5-14(8,12)13/h7-8H,2-6H2,1H3,(H,10,11). The average Bonchev–Trinajstić information content (AvgIpc) is 2.41. The Morgan fingerprint density at radius 2 is 2.21 bits per heavy atom. The van der Waals surface area contributed by atoms with Gasteiger partial charge in [-0.2, -0.15) is 0 Å². The Labute approximate surface area is 84.2 Å². The van der Waals surface area contributed by atoms with Crippen molar-refractivity contribution in [2.24, 2.45) is 5.92 Å². The molecule has 1 heterocycles. The largest absolute Gasteiger partial charge is 0.481 e. The molecule has 0 bridgehead atoms. The Morgan fingerprint density at radius 1 is 1.57 bits per heavy atom. The van der Waals surface area contributed by atoms with E-state index in [1.165, 1.54) is 0 Å². The highest BCUT2D eigenvalue weighted by molar-refractivity contribution is 7.92. The van der Waals surface area contributed by atoms with Gasteiger partial charge < -0.3 is 5.11 Å². The number of hydrogen-bond donors (Lipinski definition) is 1. The summed E-state index contributed by atoms with van der Waals surface area (Å²) in [7, 11) is -3.01. The molecule has 0 aromatic heterocycles. The number of sulfone groups is 1. The highest BCUT2D eigenvalue weighted by atomic mass is 32.2. The van der Waals surface area contributed by atoms with E-state index in [2.05, 4.69) is 0 Å². The summed E-state index contributed by atoms with van der Waals surface area (Å²) in [5.41, 5.74) is 0. The van der Waals surface area contributed by atoms with E-state index in [1.807, 2.05) is 6.92 Å². The maximum Gasteiger partial charge on any atom is 0.303 e. The zero-order chi connectivity index (χ0) is 10.8. The lowest BCUT2D eigenvalue weighted by atomic mass is 9.96. The predicted octanol–water partition coefficient (Wildman–Crippen LogP) is 1.06. The number of hydrogen-bond acceptors (Lipinski definition) is 3. The molecule has 0 saturated carbocycles. The zero-order valence-corrected chi connectivity index (χ0v) is 9.09. The van der Waals surface area contributed by atoms with Crippen LogP contribution in [0.25, 0.3) is 0 Å². The Bertz CT molecular complexity index is 307. The molecule has 1 fully saturated rings. The van der Waals surface area contributed by atoms with Crippen molar-refractivity contribution in [3.05, 3.63) is 0 Å². The summed E-state index contributed by atoms with van der Waals surface area (Å²) in [5, 5.41) is 8.24. The van der Waals surface area contributed by atoms with E-state index in [4.69, 9.17) is 5.11 Å². The number of aliphatic carboxylic acids is 1. The Morgan fingerprint density at radius 3 is 2.57 bits per heavy atom. The molecule has 0 aliphatic carbocycles. The number of carboxylic acids is 1. The van der Waals surface area contributed by atoms with E-state index >= 15 is 0 Å². The smallest absolute Gasteiger partial charge is 0.303 e. The summed E-state index contributed by atoms with van der Waals surface area (Å²) in [6.45, 7) is 1.85. The molecule has 0 aromatic rings. The van der Waals surface area contributed by atoms with E-state index in [9.17, 15) is 13.2 Å². The summed E-state index contributed by atoms with van der Waals surface area (Å²) in [6, 6.07) is 0. The molecule has 2 unspecified atom stereocenters. The normalized spacial score (nSPS) is 27.4. The minimum absolute atomic E-state index is 0.0274. The lowest BCUT2D eigenvalue weighted by Crippen LogP contribution is -2.27. The number of rotatable bonds is 4. The van der Waals surface area contributed by atoms with Crippen molar-refractivity contribution < 1.29 is 18.3 Å². The first-order valence-corrected chi connectivity index (χ1v) is 6.62. The molecule has 0 amide bonds. The molecule has 1 saturated heterocycles. The lowest BCUT2D eigenvalue weighted by Gasteiger charge is -2.19. The third-order valence-electron chi connectivity index (χ3n) is 2.87. The molecular formula is C9H16O4S. The molecule has 4 nitrogen and oxygen atoms in total. The summed E-state index contributed by atoms with van der Waals surface area (Å²) < 4.78 is 23.1. The average molecular weight is 220 g/mol. The van der Waals surface area contributed by atoms with Crippen molar-refractivity contribution in [1.82, 2.24) is 0 Å². The SMILES string of the molecule is CCC(CC(=O)O)C1CCCS1(=O)=O. The minimum Gasteiger partial charge on any atom is -0.481 e. The maximum absolute atomic E-state index is 11.6. The summed E-state index contributed by atoms with van der Waals surface area (Å²) in [4.78, 5) is 10.5. The van der Waals surface area contributed by atoms with Crippen LogP contribution in [0, 0.1) is 5.92 Å². The molecule has 1 aliphatic rings. The maximum atomic E-state index is 11.6. The van der Waals surface area contributed by atoms with Crippen molar-refractivity contribution in [3.63, 3.8) is 0 Å². The van der Waals surface area contributed by atoms with Crippen LogP contribution in [0.4, 0.5) is 0 Å².